The van der Waals surface area contributed by atoms with Gasteiger partial charge in [-0.05, 0) is 92.8 Å². The van der Waals surface area contributed by atoms with E-state index >= 15 is 8.78 Å². The van der Waals surface area contributed by atoms with Crippen LogP contribution in [0.4, 0.5) is 13.2 Å². The van der Waals surface area contributed by atoms with Crippen molar-refractivity contribution < 1.29 is 17.9 Å². The molecule has 0 N–H and O–H groups in total. The second-order valence-corrected chi connectivity index (χ2v) is 11.2. The summed E-state index contributed by atoms with van der Waals surface area (Å²) in [6, 6.07) is 0. The van der Waals surface area contributed by atoms with Crippen LogP contribution in [-0.4, -0.2) is 12.7 Å². The maximum absolute atomic E-state index is 15.2. The molecule has 0 aromatic rings. The molecule has 35 heavy (non-hydrogen) atoms. The standard InChI is InChI=1S/C31H39F3O/c1-2-3-20-6-11-23(12-7-20)25-16-17-26(31(34)30(25)33)24-13-8-21(9-14-24)4-5-22-10-15-27(28(32)18-22)29-19-35-29/h8-10,13,16,18,20,23-24,26-27,29H,2-7,11-12,14-15,17,19H2,1H3. The third-order valence-electron chi connectivity index (χ3n) is 8.91. The normalized spacial score (nSPS) is 35.3. The maximum atomic E-state index is 15.2. The Morgan fingerprint density at radius 2 is 1.60 bits per heavy atom. The van der Waals surface area contributed by atoms with E-state index in [1.54, 1.807) is 6.08 Å². The highest BCUT2D eigenvalue weighted by molar-refractivity contribution is 5.37. The molecule has 0 aromatic heterocycles. The molecular weight excluding hydrogens is 445 g/mol. The van der Waals surface area contributed by atoms with Gasteiger partial charge >= 0.3 is 0 Å². The average molecular weight is 485 g/mol. The minimum Gasteiger partial charge on any atom is -0.372 e. The first kappa shape index (κ1) is 24.9. The number of halogens is 3. The van der Waals surface area contributed by atoms with Gasteiger partial charge in [-0.15, -0.1) is 0 Å². The number of rotatable bonds is 8. The van der Waals surface area contributed by atoms with Gasteiger partial charge in [0.2, 0.25) is 0 Å². The number of hydrogen-bond donors (Lipinski definition) is 0. The molecular formula is C31H39F3O. The minimum atomic E-state index is -0.573. The van der Waals surface area contributed by atoms with Crippen molar-refractivity contribution in [1.82, 2.24) is 0 Å². The Morgan fingerprint density at radius 3 is 2.26 bits per heavy atom. The summed E-state index contributed by atoms with van der Waals surface area (Å²) in [5.41, 5.74) is 2.88. The maximum Gasteiger partial charge on any atom is 0.158 e. The largest absolute Gasteiger partial charge is 0.372 e. The van der Waals surface area contributed by atoms with Crippen LogP contribution in [0.3, 0.4) is 0 Å². The van der Waals surface area contributed by atoms with E-state index in [0.29, 0.717) is 25.0 Å². The van der Waals surface area contributed by atoms with Crippen LogP contribution in [0.1, 0.15) is 77.6 Å². The first-order valence-corrected chi connectivity index (χ1v) is 13.8. The Balaban J connectivity index is 1.12. The molecule has 0 aromatic carbocycles. The molecule has 0 bridgehead atoms. The molecule has 4 unspecified atom stereocenters. The van der Waals surface area contributed by atoms with Crippen LogP contribution in [-0.2, 0) is 4.74 Å². The van der Waals surface area contributed by atoms with E-state index in [4.69, 9.17) is 4.74 Å². The van der Waals surface area contributed by atoms with E-state index in [2.05, 4.69) is 31.2 Å². The van der Waals surface area contributed by atoms with Crippen molar-refractivity contribution in [3.05, 3.63) is 70.7 Å². The van der Waals surface area contributed by atoms with Crippen molar-refractivity contribution in [1.29, 1.82) is 0 Å². The van der Waals surface area contributed by atoms with Gasteiger partial charge in [-0.3, -0.25) is 0 Å². The van der Waals surface area contributed by atoms with Crippen molar-refractivity contribution in [3.63, 3.8) is 0 Å². The van der Waals surface area contributed by atoms with E-state index in [-0.39, 0.29) is 29.7 Å². The van der Waals surface area contributed by atoms with Crippen LogP contribution in [0.15, 0.2) is 70.7 Å². The summed E-state index contributed by atoms with van der Waals surface area (Å²) in [6.07, 6.45) is 22.6. The van der Waals surface area contributed by atoms with Crippen molar-refractivity contribution >= 4 is 0 Å². The Bertz CT molecular complexity index is 969. The highest BCUT2D eigenvalue weighted by Crippen LogP contribution is 2.45. The molecule has 1 nitrogen and oxygen atoms in total. The molecule has 5 aliphatic rings. The Hall–Kier alpha value is -1.81. The van der Waals surface area contributed by atoms with Gasteiger partial charge in [-0.2, -0.15) is 0 Å². The highest BCUT2D eigenvalue weighted by atomic mass is 19.2. The fourth-order valence-corrected chi connectivity index (χ4v) is 6.61. The second kappa shape index (κ2) is 11.1. The third-order valence-corrected chi connectivity index (χ3v) is 8.91. The lowest BCUT2D eigenvalue weighted by molar-refractivity contribution is 0.275. The third kappa shape index (κ3) is 5.79. The predicted octanol–water partition coefficient (Wildman–Crippen LogP) is 9.17. The summed E-state index contributed by atoms with van der Waals surface area (Å²) in [4.78, 5) is 0. The quantitative estimate of drug-likeness (QED) is 0.313. The molecule has 4 atom stereocenters. The first-order valence-electron chi connectivity index (χ1n) is 13.8. The molecule has 0 amide bonds. The predicted molar refractivity (Wildman–Crippen MR) is 135 cm³/mol. The van der Waals surface area contributed by atoms with Crippen molar-refractivity contribution in [2.24, 2.45) is 29.6 Å². The lowest BCUT2D eigenvalue weighted by Crippen LogP contribution is -2.22. The van der Waals surface area contributed by atoms with Gasteiger partial charge in [0.1, 0.15) is 11.7 Å². The summed E-state index contributed by atoms with van der Waals surface area (Å²) in [6.45, 7) is 2.89. The molecule has 0 spiro atoms. The zero-order valence-corrected chi connectivity index (χ0v) is 21.0. The summed E-state index contributed by atoms with van der Waals surface area (Å²) >= 11 is 0. The number of hydrogen-bond acceptors (Lipinski definition) is 1. The Labute approximate surface area is 208 Å². The average Bonchev–Trinajstić information content (AvgIpc) is 3.71. The van der Waals surface area contributed by atoms with E-state index in [1.807, 2.05) is 6.08 Å². The van der Waals surface area contributed by atoms with Crippen LogP contribution in [0.2, 0.25) is 0 Å². The summed E-state index contributed by atoms with van der Waals surface area (Å²) in [7, 11) is 0. The summed E-state index contributed by atoms with van der Waals surface area (Å²) in [5, 5.41) is 0. The van der Waals surface area contributed by atoms with Gasteiger partial charge in [0.05, 0.1) is 12.7 Å². The van der Waals surface area contributed by atoms with Crippen LogP contribution in [0, 0.1) is 29.6 Å². The molecule has 1 aliphatic heterocycles. The second-order valence-electron chi connectivity index (χ2n) is 11.2. The first-order chi connectivity index (χ1) is 17.0. The molecule has 5 rings (SSSR count). The summed E-state index contributed by atoms with van der Waals surface area (Å²) in [5.74, 6) is -0.723. The topological polar surface area (TPSA) is 12.5 Å². The van der Waals surface area contributed by atoms with Gasteiger partial charge in [0, 0.05) is 11.8 Å². The van der Waals surface area contributed by atoms with E-state index in [0.717, 1.165) is 56.4 Å². The monoisotopic (exact) mass is 484 g/mol. The SMILES string of the molecule is CCCC1CCC(C2=CCC(C3C=CC(CCC4=CCC(C5CO5)C(F)=C4)=CC3)C(F)=C2F)CC1. The molecule has 1 saturated carbocycles. The van der Waals surface area contributed by atoms with Crippen LogP contribution >= 0.6 is 0 Å². The molecule has 4 heteroatoms. The molecule has 1 saturated heterocycles. The fraction of sp³-hybridized carbons (Fsp3) is 0.613. The highest BCUT2D eigenvalue weighted by Gasteiger charge is 2.37. The lowest BCUT2D eigenvalue weighted by Gasteiger charge is -2.33. The summed E-state index contributed by atoms with van der Waals surface area (Å²) < 4.78 is 49.9. The van der Waals surface area contributed by atoms with E-state index in [9.17, 15) is 4.39 Å². The number of ether oxygens (including phenoxy) is 1. The van der Waals surface area contributed by atoms with Crippen molar-refractivity contribution in [3.8, 4) is 0 Å². The molecule has 190 valence electrons. The van der Waals surface area contributed by atoms with Crippen molar-refractivity contribution in [2.75, 3.05) is 6.61 Å². The Morgan fingerprint density at radius 1 is 0.886 bits per heavy atom. The van der Waals surface area contributed by atoms with Crippen molar-refractivity contribution in [2.45, 2.75) is 83.7 Å². The molecule has 4 aliphatic carbocycles. The van der Waals surface area contributed by atoms with E-state index < -0.39 is 17.6 Å². The Kier molecular flexibility index (Phi) is 7.86. The van der Waals surface area contributed by atoms with Gasteiger partial charge in [-0.1, -0.05) is 55.7 Å². The van der Waals surface area contributed by atoms with Gasteiger partial charge < -0.3 is 4.74 Å². The van der Waals surface area contributed by atoms with E-state index in [1.165, 1.54) is 18.4 Å². The molecule has 0 radical (unpaired) electrons. The zero-order chi connectivity index (χ0) is 24.4. The van der Waals surface area contributed by atoms with Crippen LogP contribution < -0.4 is 0 Å². The fourth-order valence-electron chi connectivity index (χ4n) is 6.61. The number of epoxide rings is 1. The van der Waals surface area contributed by atoms with Crippen LogP contribution in [0.25, 0.3) is 0 Å². The minimum absolute atomic E-state index is 0.00636. The van der Waals surface area contributed by atoms with Gasteiger partial charge in [0.25, 0.3) is 0 Å². The van der Waals surface area contributed by atoms with Gasteiger partial charge in [-0.25, -0.2) is 13.2 Å². The van der Waals surface area contributed by atoms with Crippen LogP contribution in [0.5, 0.6) is 0 Å². The lowest BCUT2D eigenvalue weighted by atomic mass is 9.73. The smallest absolute Gasteiger partial charge is 0.158 e. The van der Waals surface area contributed by atoms with Gasteiger partial charge in [0.15, 0.2) is 5.83 Å². The number of allylic oxidation sites excluding steroid dienone is 11. The molecule has 1 heterocycles. The zero-order valence-electron chi connectivity index (χ0n) is 21.0. The molecule has 2 fully saturated rings.